The molecule has 6 nitrogen and oxygen atoms in total. The number of hydrogen-bond donors (Lipinski definition) is 0. The fraction of sp³-hybridized carbons (Fsp3) is 0.429. The quantitative estimate of drug-likeness (QED) is 0.830. The maximum absolute atomic E-state index is 12.5. The molecule has 6 heteroatoms. The lowest BCUT2D eigenvalue weighted by Gasteiger charge is -2.23. The molecule has 104 valence electrons. The second-order valence-electron chi connectivity index (χ2n) is 5.15. The molecule has 2 aromatic rings. The molecule has 3 rings (SSSR count). The lowest BCUT2D eigenvalue weighted by molar-refractivity contribution is 0.0729. The molecule has 2 aromatic heterocycles. The lowest BCUT2D eigenvalue weighted by Crippen LogP contribution is -2.31. The molecule has 1 atom stereocenters. The van der Waals surface area contributed by atoms with Crippen molar-refractivity contribution in [2.75, 3.05) is 6.54 Å². The number of aromatic nitrogens is 4. The van der Waals surface area contributed by atoms with Gasteiger partial charge in [0.05, 0.1) is 24.1 Å². The number of carbonyl (C=O) groups excluding carboxylic acids is 1. The molecule has 0 aliphatic carbocycles. The molecular weight excluding hydrogens is 254 g/mol. The van der Waals surface area contributed by atoms with Crippen LogP contribution in [0.25, 0.3) is 0 Å². The maximum Gasteiger partial charge on any atom is 0.274 e. The Morgan fingerprint density at radius 1 is 1.30 bits per heavy atom. The van der Waals surface area contributed by atoms with Crippen LogP contribution in [0, 0.1) is 6.92 Å². The molecule has 0 N–H and O–H groups in total. The fourth-order valence-electron chi connectivity index (χ4n) is 2.62. The van der Waals surface area contributed by atoms with E-state index in [1.165, 1.54) is 0 Å². The highest BCUT2D eigenvalue weighted by molar-refractivity contribution is 5.92. The monoisotopic (exact) mass is 271 g/mol. The van der Waals surface area contributed by atoms with Crippen LogP contribution in [0.4, 0.5) is 0 Å². The smallest absolute Gasteiger partial charge is 0.274 e. The number of carbonyl (C=O) groups is 1. The SMILES string of the molecule is Cc1cnc(C(=O)N2CCC[C@H]2c2cnn(C)c2)cn1. The second kappa shape index (κ2) is 5.03. The molecule has 1 aliphatic rings. The van der Waals surface area contributed by atoms with E-state index in [0.29, 0.717) is 5.69 Å². The summed E-state index contributed by atoms with van der Waals surface area (Å²) < 4.78 is 1.77. The Morgan fingerprint density at radius 2 is 2.15 bits per heavy atom. The molecule has 0 aromatic carbocycles. The molecule has 1 aliphatic heterocycles. The van der Waals surface area contributed by atoms with E-state index in [2.05, 4.69) is 15.1 Å². The van der Waals surface area contributed by atoms with Crippen LogP contribution in [0.2, 0.25) is 0 Å². The molecule has 0 unspecified atom stereocenters. The molecular formula is C14H17N5O. The van der Waals surface area contributed by atoms with Crippen LogP contribution < -0.4 is 0 Å². The summed E-state index contributed by atoms with van der Waals surface area (Å²) in [6.07, 6.45) is 8.95. The van der Waals surface area contributed by atoms with Crippen molar-refractivity contribution < 1.29 is 4.79 Å². The number of amides is 1. The Hall–Kier alpha value is -2.24. The van der Waals surface area contributed by atoms with Crippen molar-refractivity contribution in [1.29, 1.82) is 0 Å². The molecule has 1 amide bonds. The van der Waals surface area contributed by atoms with Crippen molar-refractivity contribution in [3.05, 3.63) is 41.7 Å². The minimum absolute atomic E-state index is 0.0520. The molecule has 20 heavy (non-hydrogen) atoms. The van der Waals surface area contributed by atoms with Gasteiger partial charge in [0.1, 0.15) is 5.69 Å². The molecule has 0 bridgehead atoms. The maximum atomic E-state index is 12.5. The first-order chi connectivity index (χ1) is 9.65. The molecule has 1 fully saturated rings. The van der Waals surface area contributed by atoms with Crippen molar-refractivity contribution >= 4 is 5.91 Å². The van der Waals surface area contributed by atoms with Gasteiger partial charge < -0.3 is 4.90 Å². The largest absolute Gasteiger partial charge is 0.330 e. The minimum Gasteiger partial charge on any atom is -0.330 e. The van der Waals surface area contributed by atoms with Gasteiger partial charge in [-0.1, -0.05) is 0 Å². The zero-order valence-corrected chi connectivity index (χ0v) is 11.7. The Bertz CT molecular complexity index is 619. The fourth-order valence-corrected chi connectivity index (χ4v) is 2.62. The molecule has 0 saturated carbocycles. The number of nitrogens with zero attached hydrogens (tertiary/aromatic N) is 5. The standard InChI is InChI=1S/C14H17N5O/c1-10-6-16-12(8-15-10)14(20)19-5-3-4-13(19)11-7-17-18(2)9-11/h6-9,13H,3-5H2,1-2H3/t13-/m0/s1. The van der Waals surface area contributed by atoms with Crippen molar-refractivity contribution in [1.82, 2.24) is 24.6 Å². The number of hydrogen-bond acceptors (Lipinski definition) is 4. The van der Waals surface area contributed by atoms with Crippen LogP contribution >= 0.6 is 0 Å². The van der Waals surface area contributed by atoms with Gasteiger partial charge in [0.15, 0.2) is 0 Å². The van der Waals surface area contributed by atoms with Gasteiger partial charge in [0.25, 0.3) is 5.91 Å². The summed E-state index contributed by atoms with van der Waals surface area (Å²) >= 11 is 0. The van der Waals surface area contributed by atoms with E-state index in [4.69, 9.17) is 0 Å². The molecule has 0 spiro atoms. The average Bonchev–Trinajstić information content (AvgIpc) is 3.07. The van der Waals surface area contributed by atoms with Gasteiger partial charge in [0, 0.05) is 31.5 Å². The number of aryl methyl sites for hydroxylation is 2. The minimum atomic E-state index is -0.0520. The van der Waals surface area contributed by atoms with E-state index in [9.17, 15) is 4.79 Å². The summed E-state index contributed by atoms with van der Waals surface area (Å²) in [5.41, 5.74) is 2.30. The van der Waals surface area contributed by atoms with E-state index in [0.717, 1.165) is 30.6 Å². The lowest BCUT2D eigenvalue weighted by atomic mass is 10.1. The van der Waals surface area contributed by atoms with E-state index in [1.807, 2.05) is 31.3 Å². The summed E-state index contributed by atoms with van der Waals surface area (Å²) in [6, 6.07) is 0.0966. The first kappa shape index (κ1) is 12.8. The van der Waals surface area contributed by atoms with Crippen LogP contribution in [0.5, 0.6) is 0 Å². The van der Waals surface area contributed by atoms with E-state index in [1.54, 1.807) is 17.1 Å². The summed E-state index contributed by atoms with van der Waals surface area (Å²) in [5, 5.41) is 4.19. The summed E-state index contributed by atoms with van der Waals surface area (Å²) in [7, 11) is 1.88. The summed E-state index contributed by atoms with van der Waals surface area (Å²) in [5.74, 6) is -0.0520. The predicted octanol–water partition coefficient (Wildman–Crippen LogP) is 1.50. The van der Waals surface area contributed by atoms with Gasteiger partial charge >= 0.3 is 0 Å². The van der Waals surface area contributed by atoms with Crippen molar-refractivity contribution in [3.8, 4) is 0 Å². The van der Waals surface area contributed by atoms with Crippen LogP contribution in [0.1, 0.15) is 40.6 Å². The summed E-state index contributed by atoms with van der Waals surface area (Å²) in [4.78, 5) is 22.7. The van der Waals surface area contributed by atoms with Gasteiger partial charge in [-0.05, 0) is 19.8 Å². The van der Waals surface area contributed by atoms with Crippen LogP contribution in [-0.4, -0.2) is 37.1 Å². The Balaban J connectivity index is 1.85. The Morgan fingerprint density at radius 3 is 2.80 bits per heavy atom. The third-order valence-corrected chi connectivity index (χ3v) is 3.62. The third-order valence-electron chi connectivity index (χ3n) is 3.62. The normalized spacial score (nSPS) is 18.5. The second-order valence-corrected chi connectivity index (χ2v) is 5.15. The van der Waals surface area contributed by atoms with Gasteiger partial charge in [-0.15, -0.1) is 0 Å². The number of rotatable bonds is 2. The molecule has 3 heterocycles. The highest BCUT2D eigenvalue weighted by atomic mass is 16.2. The average molecular weight is 271 g/mol. The summed E-state index contributed by atoms with van der Waals surface area (Å²) in [6.45, 7) is 2.61. The van der Waals surface area contributed by atoms with Gasteiger partial charge in [0.2, 0.25) is 0 Å². The van der Waals surface area contributed by atoms with Crippen molar-refractivity contribution in [3.63, 3.8) is 0 Å². The van der Waals surface area contributed by atoms with Crippen molar-refractivity contribution in [2.45, 2.75) is 25.8 Å². The van der Waals surface area contributed by atoms with Gasteiger partial charge in [-0.25, -0.2) is 4.98 Å². The van der Waals surface area contributed by atoms with Crippen LogP contribution in [-0.2, 0) is 7.05 Å². The van der Waals surface area contributed by atoms with Crippen LogP contribution in [0.3, 0.4) is 0 Å². The van der Waals surface area contributed by atoms with Gasteiger partial charge in [-0.3, -0.25) is 14.5 Å². The zero-order chi connectivity index (χ0) is 14.1. The topological polar surface area (TPSA) is 63.9 Å². The number of likely N-dealkylation sites (tertiary alicyclic amines) is 1. The first-order valence-corrected chi connectivity index (χ1v) is 6.73. The Labute approximate surface area is 117 Å². The van der Waals surface area contributed by atoms with E-state index in [-0.39, 0.29) is 11.9 Å². The van der Waals surface area contributed by atoms with Crippen molar-refractivity contribution in [2.24, 2.45) is 7.05 Å². The highest BCUT2D eigenvalue weighted by Gasteiger charge is 2.32. The predicted molar refractivity (Wildman–Crippen MR) is 73.0 cm³/mol. The van der Waals surface area contributed by atoms with Crippen LogP contribution in [0.15, 0.2) is 24.8 Å². The highest BCUT2D eigenvalue weighted by Crippen LogP contribution is 2.32. The molecule has 0 radical (unpaired) electrons. The first-order valence-electron chi connectivity index (χ1n) is 6.73. The van der Waals surface area contributed by atoms with E-state index < -0.39 is 0 Å². The third kappa shape index (κ3) is 2.29. The van der Waals surface area contributed by atoms with Gasteiger partial charge in [-0.2, -0.15) is 5.10 Å². The Kier molecular flexibility index (Phi) is 3.22. The van der Waals surface area contributed by atoms with E-state index >= 15 is 0 Å². The molecule has 1 saturated heterocycles. The zero-order valence-electron chi connectivity index (χ0n) is 11.7.